The van der Waals surface area contributed by atoms with Crippen molar-refractivity contribution in [1.82, 2.24) is 9.80 Å². The molecule has 194 valence electrons. The number of aliphatic hydroxyl groups is 1. The van der Waals surface area contributed by atoms with Crippen LogP contribution in [-0.2, 0) is 9.59 Å². The lowest BCUT2D eigenvalue weighted by atomic mass is 9.94. The molecule has 2 aromatic carbocycles. The van der Waals surface area contributed by atoms with Gasteiger partial charge < -0.3 is 29.1 Å². The summed E-state index contributed by atoms with van der Waals surface area (Å²) in [6, 6.07) is 9.72. The second-order valence-corrected chi connectivity index (χ2v) is 8.55. The molecule has 1 N–H and O–H groups in total. The Labute approximate surface area is 213 Å². The number of benzene rings is 2. The quantitative estimate of drug-likeness (QED) is 0.284. The predicted octanol–water partition coefficient (Wildman–Crippen LogP) is 4.17. The summed E-state index contributed by atoms with van der Waals surface area (Å²) in [7, 11) is 3.11. The van der Waals surface area contributed by atoms with Crippen molar-refractivity contribution in [3.63, 3.8) is 0 Å². The van der Waals surface area contributed by atoms with Crippen molar-refractivity contribution >= 4 is 17.4 Å². The summed E-state index contributed by atoms with van der Waals surface area (Å²) in [6.07, 6.45) is 0. The first-order chi connectivity index (χ1) is 17.3. The van der Waals surface area contributed by atoms with Gasteiger partial charge in [0.1, 0.15) is 11.5 Å². The average molecular weight is 497 g/mol. The number of rotatable bonds is 11. The molecule has 0 aliphatic carbocycles. The fourth-order valence-electron chi connectivity index (χ4n) is 4.56. The van der Waals surface area contributed by atoms with Crippen LogP contribution in [0.4, 0.5) is 0 Å². The molecule has 1 unspecified atom stereocenters. The SMILES string of the molecule is CCOc1ccc(C2/C(=C(/O)c3ccc(OC)c(C)c3)C(=O)C(=O)N2CCN(CC)CC)cc1OC. The molecule has 1 saturated heterocycles. The Morgan fingerprint density at radius 2 is 1.64 bits per heavy atom. The number of ketones is 1. The Kier molecular flexibility index (Phi) is 8.98. The third-order valence-electron chi connectivity index (χ3n) is 6.56. The molecular formula is C28H36N2O6. The van der Waals surface area contributed by atoms with Crippen LogP contribution in [0.2, 0.25) is 0 Å². The highest BCUT2D eigenvalue weighted by Crippen LogP contribution is 2.42. The molecule has 2 aromatic rings. The van der Waals surface area contributed by atoms with Crippen LogP contribution in [0.15, 0.2) is 42.0 Å². The molecule has 1 aliphatic heterocycles. The number of ether oxygens (including phenoxy) is 3. The lowest BCUT2D eigenvalue weighted by Crippen LogP contribution is -2.38. The largest absolute Gasteiger partial charge is 0.507 e. The highest BCUT2D eigenvalue weighted by Gasteiger charge is 2.46. The van der Waals surface area contributed by atoms with E-state index in [1.807, 2.05) is 13.8 Å². The molecule has 36 heavy (non-hydrogen) atoms. The van der Waals surface area contributed by atoms with Gasteiger partial charge in [0.05, 0.1) is 32.4 Å². The first-order valence-electron chi connectivity index (χ1n) is 12.3. The molecular weight excluding hydrogens is 460 g/mol. The van der Waals surface area contributed by atoms with Crippen LogP contribution in [-0.4, -0.2) is 73.6 Å². The van der Waals surface area contributed by atoms with E-state index in [2.05, 4.69) is 18.7 Å². The smallest absolute Gasteiger partial charge is 0.295 e. The molecule has 3 rings (SSSR count). The summed E-state index contributed by atoms with van der Waals surface area (Å²) in [6.45, 7) is 10.9. The summed E-state index contributed by atoms with van der Waals surface area (Å²) in [5.41, 5.74) is 1.95. The normalized spacial score (nSPS) is 17.1. The number of methoxy groups -OCH3 is 2. The number of carbonyl (C=O) groups excluding carboxylic acids is 2. The summed E-state index contributed by atoms with van der Waals surface area (Å²) < 4.78 is 16.5. The maximum atomic E-state index is 13.3. The predicted molar refractivity (Wildman–Crippen MR) is 139 cm³/mol. The Bertz CT molecular complexity index is 1140. The van der Waals surface area contributed by atoms with Gasteiger partial charge in [-0.05, 0) is 68.4 Å². The minimum absolute atomic E-state index is 0.0512. The summed E-state index contributed by atoms with van der Waals surface area (Å²) in [5.74, 6) is 0.157. The van der Waals surface area contributed by atoms with E-state index in [1.165, 1.54) is 4.90 Å². The van der Waals surface area contributed by atoms with Crippen molar-refractivity contribution in [3.8, 4) is 17.2 Å². The Morgan fingerprint density at radius 3 is 2.22 bits per heavy atom. The van der Waals surface area contributed by atoms with Gasteiger partial charge in [-0.15, -0.1) is 0 Å². The number of nitrogens with zero attached hydrogens (tertiary/aromatic N) is 2. The molecule has 0 radical (unpaired) electrons. The van der Waals surface area contributed by atoms with E-state index in [0.29, 0.717) is 48.1 Å². The number of hydrogen-bond donors (Lipinski definition) is 1. The zero-order valence-corrected chi connectivity index (χ0v) is 22.0. The van der Waals surface area contributed by atoms with Crippen LogP contribution in [0.25, 0.3) is 5.76 Å². The van der Waals surface area contributed by atoms with Gasteiger partial charge in [-0.25, -0.2) is 0 Å². The molecule has 1 atom stereocenters. The van der Waals surface area contributed by atoms with Gasteiger partial charge in [0.25, 0.3) is 11.7 Å². The van der Waals surface area contributed by atoms with Crippen molar-refractivity contribution in [1.29, 1.82) is 0 Å². The van der Waals surface area contributed by atoms with Crippen molar-refractivity contribution < 1.29 is 28.9 Å². The minimum atomic E-state index is -0.771. The fourth-order valence-corrected chi connectivity index (χ4v) is 4.56. The maximum absolute atomic E-state index is 13.3. The van der Waals surface area contributed by atoms with Gasteiger partial charge in [0.2, 0.25) is 0 Å². The zero-order chi connectivity index (χ0) is 26.4. The standard InChI is InChI=1S/C28H36N2O6/c1-7-29(8-2)14-15-30-25(19-10-13-22(36-9-3)23(17-19)35-6)24(27(32)28(30)33)26(31)20-11-12-21(34-5)18(4)16-20/h10-13,16-17,25,31H,7-9,14-15H2,1-6H3/b26-24-. The third-order valence-corrected chi connectivity index (χ3v) is 6.56. The Balaban J connectivity index is 2.16. The van der Waals surface area contributed by atoms with E-state index in [0.717, 1.165) is 18.7 Å². The van der Waals surface area contributed by atoms with Crippen LogP contribution in [0.1, 0.15) is 43.5 Å². The first-order valence-corrected chi connectivity index (χ1v) is 12.3. The van der Waals surface area contributed by atoms with Gasteiger partial charge in [0.15, 0.2) is 11.5 Å². The van der Waals surface area contributed by atoms with Crippen LogP contribution in [0.3, 0.4) is 0 Å². The van der Waals surface area contributed by atoms with Crippen LogP contribution < -0.4 is 14.2 Å². The van der Waals surface area contributed by atoms with Crippen LogP contribution in [0.5, 0.6) is 17.2 Å². The Hall–Kier alpha value is -3.52. The lowest BCUT2D eigenvalue weighted by Gasteiger charge is -2.28. The molecule has 0 bridgehead atoms. The highest BCUT2D eigenvalue weighted by molar-refractivity contribution is 6.46. The van der Waals surface area contributed by atoms with E-state index in [9.17, 15) is 14.7 Å². The van der Waals surface area contributed by atoms with Gasteiger partial charge in [-0.2, -0.15) is 0 Å². The second-order valence-electron chi connectivity index (χ2n) is 8.55. The van der Waals surface area contributed by atoms with E-state index in [4.69, 9.17) is 14.2 Å². The minimum Gasteiger partial charge on any atom is -0.507 e. The average Bonchev–Trinajstić information content (AvgIpc) is 3.14. The maximum Gasteiger partial charge on any atom is 0.295 e. The van der Waals surface area contributed by atoms with Crippen molar-refractivity contribution in [2.75, 3.05) is 47.0 Å². The van der Waals surface area contributed by atoms with Crippen LogP contribution >= 0.6 is 0 Å². The van der Waals surface area contributed by atoms with E-state index in [1.54, 1.807) is 50.6 Å². The molecule has 8 heteroatoms. The topological polar surface area (TPSA) is 88.5 Å². The number of aryl methyl sites for hydroxylation is 1. The number of carbonyl (C=O) groups is 2. The number of aliphatic hydroxyl groups excluding tert-OH is 1. The number of amides is 1. The van der Waals surface area contributed by atoms with Crippen molar-refractivity contribution in [2.45, 2.75) is 33.7 Å². The van der Waals surface area contributed by atoms with Crippen molar-refractivity contribution in [3.05, 3.63) is 58.7 Å². The number of likely N-dealkylation sites (tertiary alicyclic amines) is 1. The molecule has 1 heterocycles. The molecule has 1 amide bonds. The summed E-state index contributed by atoms with van der Waals surface area (Å²) in [5, 5.41) is 11.4. The molecule has 0 spiro atoms. The molecule has 1 aliphatic rings. The van der Waals surface area contributed by atoms with Gasteiger partial charge >= 0.3 is 0 Å². The highest BCUT2D eigenvalue weighted by atomic mass is 16.5. The number of hydrogen-bond acceptors (Lipinski definition) is 7. The van der Waals surface area contributed by atoms with Gasteiger partial charge in [-0.3, -0.25) is 9.59 Å². The summed E-state index contributed by atoms with van der Waals surface area (Å²) in [4.78, 5) is 30.3. The van der Waals surface area contributed by atoms with E-state index in [-0.39, 0.29) is 11.3 Å². The molecule has 1 fully saturated rings. The second kappa shape index (κ2) is 11.9. The van der Waals surface area contributed by atoms with Crippen LogP contribution in [0, 0.1) is 6.92 Å². The first kappa shape index (κ1) is 27.1. The number of likely N-dealkylation sites (N-methyl/N-ethyl adjacent to an activating group) is 1. The Morgan fingerprint density at radius 1 is 0.972 bits per heavy atom. The molecule has 0 aromatic heterocycles. The fraction of sp³-hybridized carbons (Fsp3) is 0.429. The van der Waals surface area contributed by atoms with Gasteiger partial charge in [0, 0.05) is 18.7 Å². The summed E-state index contributed by atoms with van der Waals surface area (Å²) >= 11 is 0. The molecule has 8 nitrogen and oxygen atoms in total. The van der Waals surface area contributed by atoms with E-state index >= 15 is 0 Å². The number of Topliss-reactive ketones (excluding diaryl/α,β-unsaturated/α-hetero) is 1. The monoisotopic (exact) mass is 496 g/mol. The lowest BCUT2D eigenvalue weighted by molar-refractivity contribution is -0.140. The molecule has 0 saturated carbocycles. The third kappa shape index (κ3) is 5.33. The van der Waals surface area contributed by atoms with Gasteiger partial charge in [-0.1, -0.05) is 19.9 Å². The zero-order valence-electron chi connectivity index (χ0n) is 22.0. The van der Waals surface area contributed by atoms with Crippen molar-refractivity contribution in [2.24, 2.45) is 0 Å². The van der Waals surface area contributed by atoms with E-state index < -0.39 is 17.7 Å².